The van der Waals surface area contributed by atoms with E-state index in [0.29, 0.717) is 24.2 Å². The average molecular weight is 715 g/mol. The van der Waals surface area contributed by atoms with Gasteiger partial charge in [-0.2, -0.15) is 0 Å². The zero-order valence-corrected chi connectivity index (χ0v) is 30.6. The minimum atomic E-state index is -0.483. The van der Waals surface area contributed by atoms with E-state index in [2.05, 4.69) is 70.6 Å². The lowest BCUT2D eigenvalue weighted by molar-refractivity contribution is -0.0656. The molecule has 0 heterocycles. The lowest BCUT2D eigenvalue weighted by Gasteiger charge is -2.56. The molecule has 2 saturated carbocycles. The van der Waals surface area contributed by atoms with Gasteiger partial charge < -0.3 is 10.2 Å². The summed E-state index contributed by atoms with van der Waals surface area (Å²) in [6.45, 7) is 15.4. The molecule has 4 nitrogen and oxygen atoms in total. The standard InChI is InChI=1S/C17H24Cl3NO.C16H22Cl3NO/c1-10-7-13-16(2,3)14(18)12(22)9-17(13,4)8-11(10)5-6-21-15(19)20;1-15(2)12-5-4-10(6-7-20-14(18)19)8-16(12,3)9-11(21)13(15)17/h5-6,8,10,12-14,22H,7,9H2,1-4H3;4,6-7,11-13,21H,5,8-9H2,1-3H3/t10?,12-,13+,14+,17+;11-,12-,13-,16-/m10/s1. The van der Waals surface area contributed by atoms with E-state index in [9.17, 15) is 10.2 Å². The van der Waals surface area contributed by atoms with E-state index in [1.54, 1.807) is 12.4 Å². The summed E-state index contributed by atoms with van der Waals surface area (Å²) in [6, 6.07) is 0. The average Bonchev–Trinajstić information content (AvgIpc) is 2.87. The van der Waals surface area contributed by atoms with E-state index in [1.165, 1.54) is 11.1 Å². The van der Waals surface area contributed by atoms with E-state index in [1.807, 2.05) is 12.2 Å². The molecule has 10 heteroatoms. The lowest BCUT2D eigenvalue weighted by Crippen LogP contribution is -2.55. The van der Waals surface area contributed by atoms with Gasteiger partial charge in [-0.15, -0.1) is 23.2 Å². The van der Waals surface area contributed by atoms with Crippen molar-refractivity contribution >= 4 is 78.9 Å². The van der Waals surface area contributed by atoms with Crippen molar-refractivity contribution in [1.29, 1.82) is 0 Å². The van der Waals surface area contributed by atoms with Crippen LogP contribution < -0.4 is 0 Å². The highest BCUT2D eigenvalue weighted by atomic mass is 35.5. The third-order valence-corrected chi connectivity index (χ3v) is 12.7. The molecule has 0 aromatic rings. The third-order valence-electron chi connectivity index (χ3n) is 10.6. The van der Waals surface area contributed by atoms with Gasteiger partial charge in [0, 0.05) is 12.4 Å². The van der Waals surface area contributed by atoms with Crippen molar-refractivity contribution in [2.24, 2.45) is 49.4 Å². The zero-order valence-electron chi connectivity index (χ0n) is 26.1. The van der Waals surface area contributed by atoms with Gasteiger partial charge in [-0.1, -0.05) is 60.6 Å². The van der Waals surface area contributed by atoms with Crippen molar-refractivity contribution in [1.82, 2.24) is 0 Å². The molecule has 1 unspecified atom stereocenters. The van der Waals surface area contributed by atoms with Crippen LogP contribution in [0.15, 0.2) is 57.8 Å². The van der Waals surface area contributed by atoms with Crippen LogP contribution in [0.3, 0.4) is 0 Å². The van der Waals surface area contributed by atoms with E-state index < -0.39 is 12.2 Å². The largest absolute Gasteiger partial charge is 0.392 e. The van der Waals surface area contributed by atoms with Gasteiger partial charge in [0.25, 0.3) is 0 Å². The summed E-state index contributed by atoms with van der Waals surface area (Å²) in [5.74, 6) is 1.32. The maximum Gasteiger partial charge on any atom is 0.196 e. The maximum atomic E-state index is 10.4. The Morgan fingerprint density at radius 3 is 1.88 bits per heavy atom. The number of aliphatic hydroxyl groups excluding tert-OH is 2. The number of fused-ring (bicyclic) bond motifs is 2. The summed E-state index contributed by atoms with van der Waals surface area (Å²) in [7, 11) is 0. The molecule has 0 radical (unpaired) electrons. The van der Waals surface area contributed by atoms with Crippen molar-refractivity contribution in [2.45, 2.75) is 104 Å². The summed E-state index contributed by atoms with van der Waals surface area (Å²) in [4.78, 5) is 7.75. The predicted molar refractivity (Wildman–Crippen MR) is 187 cm³/mol. The van der Waals surface area contributed by atoms with E-state index >= 15 is 0 Å². The lowest BCUT2D eigenvalue weighted by atomic mass is 9.51. The number of halogens is 6. The predicted octanol–water partition coefficient (Wildman–Crippen LogP) is 10.4. The Balaban J connectivity index is 0.000000236. The second kappa shape index (κ2) is 14.4. The molecule has 242 valence electrons. The van der Waals surface area contributed by atoms with Crippen molar-refractivity contribution in [3.8, 4) is 0 Å². The number of alkyl halides is 2. The number of nitrogens with zero attached hydrogens (tertiary/aromatic N) is 2. The topological polar surface area (TPSA) is 65.2 Å². The molecule has 0 aromatic carbocycles. The first-order valence-corrected chi connectivity index (χ1v) is 17.3. The van der Waals surface area contributed by atoms with Crippen LogP contribution in [-0.2, 0) is 0 Å². The van der Waals surface area contributed by atoms with Gasteiger partial charge >= 0.3 is 0 Å². The Morgan fingerprint density at radius 2 is 1.33 bits per heavy atom. The van der Waals surface area contributed by atoms with Gasteiger partial charge in [-0.3, -0.25) is 0 Å². The van der Waals surface area contributed by atoms with E-state index in [4.69, 9.17) is 69.6 Å². The molecule has 2 fully saturated rings. The molecule has 0 aliphatic heterocycles. The summed E-state index contributed by atoms with van der Waals surface area (Å²) < 4.78 is 0.00885. The zero-order chi connectivity index (χ0) is 32.5. The fourth-order valence-electron chi connectivity index (χ4n) is 8.59. The van der Waals surface area contributed by atoms with Gasteiger partial charge in [0.1, 0.15) is 0 Å². The molecule has 4 rings (SSSR count). The SMILES string of the molecule is CC1(C)[C@@H](Cl)[C@@H](O)C[C@]2(C)CC(C=CN=C(Cl)Cl)=CC[C@@H]12.CC1C[C@H]2C(C)(C)[C@@H](Cl)[C@H](O)C[C@]2(C)C=C1C=CN=C(Cl)Cl. The van der Waals surface area contributed by atoms with Gasteiger partial charge in [-0.25, -0.2) is 9.98 Å². The minimum absolute atomic E-state index is 0.00334. The molecule has 4 aliphatic carbocycles. The smallest absolute Gasteiger partial charge is 0.196 e. The minimum Gasteiger partial charge on any atom is -0.392 e. The number of rotatable bonds is 4. The fourth-order valence-corrected chi connectivity index (χ4v) is 9.30. The molecule has 0 bridgehead atoms. The summed E-state index contributed by atoms with van der Waals surface area (Å²) in [5.41, 5.74) is 2.23. The number of hydrogen-bond acceptors (Lipinski definition) is 4. The van der Waals surface area contributed by atoms with Crippen LogP contribution in [0.2, 0.25) is 0 Å². The summed E-state index contributed by atoms with van der Waals surface area (Å²) in [5, 5.41) is 20.3. The fraction of sp³-hybridized carbons (Fsp3) is 0.697. The second-order valence-corrected chi connectivity index (χ2v) is 17.4. The van der Waals surface area contributed by atoms with Crippen LogP contribution in [0.1, 0.15) is 80.6 Å². The molecule has 0 aromatic heterocycles. The Bertz CT molecular complexity index is 1200. The Morgan fingerprint density at radius 1 is 0.814 bits per heavy atom. The first-order chi connectivity index (χ1) is 19.7. The number of aliphatic imine (C=N–C) groups is 2. The Kier molecular flexibility index (Phi) is 12.5. The van der Waals surface area contributed by atoms with Crippen LogP contribution in [0, 0.1) is 39.4 Å². The number of allylic oxidation sites excluding steroid dienone is 6. The third kappa shape index (κ3) is 8.47. The van der Waals surface area contributed by atoms with Gasteiger partial charge in [0.2, 0.25) is 0 Å². The van der Waals surface area contributed by atoms with Crippen molar-refractivity contribution in [3.63, 3.8) is 0 Å². The van der Waals surface area contributed by atoms with Crippen molar-refractivity contribution in [2.75, 3.05) is 0 Å². The first-order valence-electron chi connectivity index (χ1n) is 14.9. The van der Waals surface area contributed by atoms with Gasteiger partial charge in [-0.05, 0) is 141 Å². The number of hydrogen-bond donors (Lipinski definition) is 2. The molecule has 4 aliphatic rings. The number of aliphatic hydroxyl groups is 2. The van der Waals surface area contributed by atoms with Crippen LogP contribution in [0.25, 0.3) is 0 Å². The van der Waals surface area contributed by atoms with Crippen molar-refractivity contribution < 1.29 is 10.2 Å². The maximum absolute atomic E-state index is 10.4. The highest BCUT2D eigenvalue weighted by Gasteiger charge is 2.56. The molecule has 0 amide bonds. The molecule has 0 spiro atoms. The molecule has 9 atom stereocenters. The molecular weight excluding hydrogens is 669 g/mol. The normalized spacial score (nSPS) is 39.9. The van der Waals surface area contributed by atoms with Crippen molar-refractivity contribution in [3.05, 3.63) is 47.9 Å². The molecule has 0 saturated heterocycles. The van der Waals surface area contributed by atoms with Gasteiger partial charge in [0.05, 0.1) is 23.0 Å². The molecular formula is C33H46Cl6N2O2. The summed E-state index contributed by atoms with van der Waals surface area (Å²) in [6.07, 6.45) is 15.1. The van der Waals surface area contributed by atoms with Crippen LogP contribution in [0.5, 0.6) is 0 Å². The molecule has 2 N–H and O–H groups in total. The first kappa shape index (κ1) is 37.4. The second-order valence-electron chi connectivity index (χ2n) is 14.6. The van der Waals surface area contributed by atoms with Crippen LogP contribution in [0.4, 0.5) is 0 Å². The van der Waals surface area contributed by atoms with E-state index in [-0.39, 0.29) is 41.7 Å². The monoisotopic (exact) mass is 712 g/mol. The van der Waals surface area contributed by atoms with Crippen LogP contribution >= 0.6 is 69.6 Å². The molecule has 43 heavy (non-hydrogen) atoms. The van der Waals surface area contributed by atoms with Gasteiger partial charge in [0.15, 0.2) is 9.26 Å². The van der Waals surface area contributed by atoms with Crippen LogP contribution in [-0.4, -0.2) is 42.4 Å². The highest BCUT2D eigenvalue weighted by molar-refractivity contribution is 6.95. The Hall–Kier alpha value is -0.0400. The quantitative estimate of drug-likeness (QED) is 0.225. The van der Waals surface area contributed by atoms with E-state index in [0.717, 1.165) is 25.7 Å². The summed E-state index contributed by atoms with van der Waals surface area (Å²) >= 11 is 35.1. The Labute approximate surface area is 288 Å². The highest BCUT2D eigenvalue weighted by Crippen LogP contribution is 2.60.